The molecule has 2 N–H and O–H groups in total. The number of methoxy groups -OCH3 is 1. The molecule has 5 heteroatoms. The molecule has 19 heavy (non-hydrogen) atoms. The molecule has 0 spiro atoms. The highest BCUT2D eigenvalue weighted by Gasteiger charge is 2.30. The highest BCUT2D eigenvalue weighted by Crippen LogP contribution is 2.31. The molecule has 2 rings (SSSR count). The second-order valence-corrected chi connectivity index (χ2v) is 4.47. The van der Waals surface area contributed by atoms with Gasteiger partial charge in [-0.25, -0.2) is 4.79 Å². The summed E-state index contributed by atoms with van der Waals surface area (Å²) in [5.74, 6) is -0.347. The van der Waals surface area contributed by atoms with Crippen molar-refractivity contribution >= 4 is 23.3 Å². The van der Waals surface area contributed by atoms with Crippen LogP contribution >= 0.6 is 0 Å². The topological polar surface area (TPSA) is 72.6 Å². The predicted octanol–water partition coefficient (Wildman–Crippen LogP) is 1.59. The average molecular weight is 260 g/mol. The fourth-order valence-corrected chi connectivity index (χ4v) is 2.15. The lowest BCUT2D eigenvalue weighted by Gasteiger charge is -2.19. The van der Waals surface area contributed by atoms with E-state index in [-0.39, 0.29) is 11.8 Å². The number of nitrogen functional groups attached to an aromatic ring is 1. The van der Waals surface area contributed by atoms with Gasteiger partial charge < -0.3 is 15.4 Å². The number of nitrogens with zero attached hydrogens (tertiary/aromatic N) is 1. The molecule has 1 aliphatic heterocycles. The molecule has 100 valence electrons. The summed E-state index contributed by atoms with van der Waals surface area (Å²) in [7, 11) is 1.31. The van der Waals surface area contributed by atoms with Crippen LogP contribution in [0.1, 0.15) is 16.8 Å². The zero-order valence-electron chi connectivity index (χ0n) is 10.8. The molecule has 0 bridgehead atoms. The number of anilines is 2. The van der Waals surface area contributed by atoms with Crippen LogP contribution in [0.25, 0.3) is 0 Å². The van der Waals surface area contributed by atoms with Gasteiger partial charge in [-0.2, -0.15) is 0 Å². The molecule has 1 heterocycles. The summed E-state index contributed by atoms with van der Waals surface area (Å²) in [6.45, 7) is 4.24. The van der Waals surface area contributed by atoms with Crippen molar-refractivity contribution in [2.45, 2.75) is 6.42 Å². The molecule has 0 aliphatic carbocycles. The van der Waals surface area contributed by atoms with Crippen LogP contribution in [0, 0.1) is 5.92 Å². The molecule has 1 aromatic rings. The van der Waals surface area contributed by atoms with Crippen molar-refractivity contribution in [2.75, 3.05) is 24.3 Å². The monoisotopic (exact) mass is 260 g/mol. The number of esters is 1. The summed E-state index contributed by atoms with van der Waals surface area (Å²) in [5, 5.41) is 0. The van der Waals surface area contributed by atoms with Crippen molar-refractivity contribution < 1.29 is 14.3 Å². The van der Waals surface area contributed by atoms with Crippen LogP contribution in [0.5, 0.6) is 0 Å². The van der Waals surface area contributed by atoms with Crippen molar-refractivity contribution in [3.05, 3.63) is 36.4 Å². The highest BCUT2D eigenvalue weighted by atomic mass is 16.5. The van der Waals surface area contributed by atoms with E-state index in [4.69, 9.17) is 5.73 Å². The van der Waals surface area contributed by atoms with E-state index in [1.807, 2.05) is 0 Å². The van der Waals surface area contributed by atoms with E-state index in [0.29, 0.717) is 29.9 Å². The molecule has 1 fully saturated rings. The van der Waals surface area contributed by atoms with Crippen molar-refractivity contribution in [1.29, 1.82) is 0 Å². The lowest BCUT2D eigenvalue weighted by Crippen LogP contribution is -2.25. The van der Waals surface area contributed by atoms with Gasteiger partial charge in [0.05, 0.1) is 24.0 Å². The Morgan fingerprint density at radius 1 is 1.58 bits per heavy atom. The first-order valence-corrected chi connectivity index (χ1v) is 5.97. The molecule has 0 saturated carbocycles. The molecule has 1 aromatic carbocycles. The lowest BCUT2D eigenvalue weighted by molar-refractivity contribution is -0.117. The third-order valence-electron chi connectivity index (χ3n) is 3.23. The number of amides is 1. The van der Waals surface area contributed by atoms with Gasteiger partial charge in [0.15, 0.2) is 0 Å². The number of hydrogen-bond donors (Lipinski definition) is 1. The Morgan fingerprint density at radius 2 is 2.32 bits per heavy atom. The highest BCUT2D eigenvalue weighted by molar-refractivity contribution is 6.00. The Morgan fingerprint density at radius 3 is 2.89 bits per heavy atom. The zero-order valence-corrected chi connectivity index (χ0v) is 10.8. The van der Waals surface area contributed by atoms with Gasteiger partial charge in [0.2, 0.25) is 5.91 Å². The number of carbonyl (C=O) groups excluding carboxylic acids is 2. The fraction of sp³-hybridized carbons (Fsp3) is 0.286. The maximum Gasteiger partial charge on any atom is 0.337 e. The van der Waals surface area contributed by atoms with E-state index in [2.05, 4.69) is 11.3 Å². The normalized spacial score (nSPS) is 18.5. The largest absolute Gasteiger partial charge is 0.465 e. The predicted molar refractivity (Wildman–Crippen MR) is 72.9 cm³/mol. The Hall–Kier alpha value is -2.30. The maximum absolute atomic E-state index is 12.0. The molecule has 1 amide bonds. The summed E-state index contributed by atoms with van der Waals surface area (Å²) >= 11 is 0. The molecular formula is C14H16N2O3. The van der Waals surface area contributed by atoms with Gasteiger partial charge in [-0.05, 0) is 18.2 Å². The number of nitrogens with two attached hydrogens (primary N) is 1. The smallest absolute Gasteiger partial charge is 0.337 e. The molecule has 1 atom stereocenters. The van der Waals surface area contributed by atoms with Gasteiger partial charge >= 0.3 is 5.97 Å². The third-order valence-corrected chi connectivity index (χ3v) is 3.23. The van der Waals surface area contributed by atoms with Crippen LogP contribution in [0.3, 0.4) is 0 Å². The van der Waals surface area contributed by atoms with Gasteiger partial charge in [-0.15, -0.1) is 6.58 Å². The molecule has 0 radical (unpaired) electrons. The molecule has 5 nitrogen and oxygen atoms in total. The minimum atomic E-state index is -0.451. The Balaban J connectivity index is 2.36. The van der Waals surface area contributed by atoms with Gasteiger partial charge in [0.1, 0.15) is 0 Å². The number of carbonyl (C=O) groups is 2. The number of hydrogen-bond acceptors (Lipinski definition) is 4. The van der Waals surface area contributed by atoms with Gasteiger partial charge in [-0.1, -0.05) is 6.08 Å². The summed E-state index contributed by atoms with van der Waals surface area (Å²) in [5.41, 5.74) is 7.28. The van der Waals surface area contributed by atoms with E-state index in [1.165, 1.54) is 7.11 Å². The maximum atomic E-state index is 12.0. The Kier molecular flexibility index (Phi) is 3.55. The standard InChI is InChI=1S/C14H16N2O3/c1-3-9-6-13(17)16(8-9)12-7-10(14(18)19-2)4-5-11(12)15/h3-5,7,9H,1,6,8,15H2,2H3. The van der Waals surface area contributed by atoms with Crippen LogP contribution in [-0.4, -0.2) is 25.5 Å². The number of ether oxygens (including phenoxy) is 1. The first-order valence-electron chi connectivity index (χ1n) is 5.97. The van der Waals surface area contributed by atoms with Crippen LogP contribution < -0.4 is 10.6 Å². The van der Waals surface area contributed by atoms with E-state index in [9.17, 15) is 9.59 Å². The second-order valence-electron chi connectivity index (χ2n) is 4.47. The molecule has 1 aliphatic rings. The van der Waals surface area contributed by atoms with Crippen molar-refractivity contribution in [3.8, 4) is 0 Å². The number of benzene rings is 1. The second kappa shape index (κ2) is 5.14. The summed E-state index contributed by atoms with van der Waals surface area (Å²) in [6, 6.07) is 4.77. The van der Waals surface area contributed by atoms with Crippen molar-refractivity contribution in [3.63, 3.8) is 0 Å². The van der Waals surface area contributed by atoms with Crippen molar-refractivity contribution in [1.82, 2.24) is 0 Å². The fourth-order valence-electron chi connectivity index (χ4n) is 2.15. The van der Waals surface area contributed by atoms with Crippen molar-refractivity contribution in [2.24, 2.45) is 5.92 Å². The van der Waals surface area contributed by atoms with Crippen LogP contribution in [0.2, 0.25) is 0 Å². The van der Waals surface area contributed by atoms with E-state index >= 15 is 0 Å². The molecule has 1 saturated heterocycles. The Bertz CT molecular complexity index is 539. The SMILES string of the molecule is C=CC1CC(=O)N(c2cc(C(=O)OC)ccc2N)C1. The number of rotatable bonds is 3. The molecule has 1 unspecified atom stereocenters. The average Bonchev–Trinajstić information content (AvgIpc) is 2.79. The van der Waals surface area contributed by atoms with Gasteiger partial charge in [0, 0.05) is 18.9 Å². The first-order chi connectivity index (χ1) is 9.06. The lowest BCUT2D eigenvalue weighted by atomic mass is 10.1. The first kappa shape index (κ1) is 13.1. The zero-order chi connectivity index (χ0) is 14.0. The summed E-state index contributed by atoms with van der Waals surface area (Å²) < 4.78 is 4.66. The van der Waals surface area contributed by atoms with E-state index < -0.39 is 5.97 Å². The third kappa shape index (κ3) is 2.45. The van der Waals surface area contributed by atoms with E-state index in [1.54, 1.807) is 29.2 Å². The van der Waals surface area contributed by atoms with E-state index in [0.717, 1.165) is 0 Å². The van der Waals surface area contributed by atoms with Crippen LogP contribution in [0.4, 0.5) is 11.4 Å². The van der Waals surface area contributed by atoms with Gasteiger partial charge in [-0.3, -0.25) is 4.79 Å². The minimum absolute atomic E-state index is 0.0152. The summed E-state index contributed by atoms with van der Waals surface area (Å²) in [4.78, 5) is 25.1. The summed E-state index contributed by atoms with van der Waals surface area (Å²) in [6.07, 6.45) is 2.18. The van der Waals surface area contributed by atoms with Gasteiger partial charge in [0.25, 0.3) is 0 Å². The minimum Gasteiger partial charge on any atom is -0.465 e. The van der Waals surface area contributed by atoms with Crippen LogP contribution in [0.15, 0.2) is 30.9 Å². The quantitative estimate of drug-likeness (QED) is 0.509. The Labute approximate surface area is 111 Å². The molecule has 0 aromatic heterocycles. The molecular weight excluding hydrogens is 244 g/mol. The van der Waals surface area contributed by atoms with Crippen LogP contribution in [-0.2, 0) is 9.53 Å².